The molecule has 0 amide bonds. The van der Waals surface area contributed by atoms with Crippen LogP contribution in [0.25, 0.3) is 0 Å². The number of ketones is 1. The topological polar surface area (TPSA) is 120 Å². The molecule has 2 heterocycles. The van der Waals surface area contributed by atoms with Gasteiger partial charge in [-0.3, -0.25) is 8.98 Å². The number of hydrogen-bond acceptors (Lipinski definition) is 10. The summed E-state index contributed by atoms with van der Waals surface area (Å²) in [5.74, 6) is 0.206. The fourth-order valence-electron chi connectivity index (χ4n) is 6.46. The van der Waals surface area contributed by atoms with Crippen molar-refractivity contribution >= 4 is 64.9 Å². The molecule has 14 heteroatoms. The van der Waals surface area contributed by atoms with Crippen molar-refractivity contribution in [2.45, 2.75) is 106 Å². The summed E-state index contributed by atoms with van der Waals surface area (Å²) in [6, 6.07) is 9.25. The van der Waals surface area contributed by atoms with Crippen LogP contribution in [0.15, 0.2) is 52.6 Å². The fourth-order valence-corrected chi connectivity index (χ4v) is 15.0. The van der Waals surface area contributed by atoms with Crippen molar-refractivity contribution in [3.05, 3.63) is 63.2 Å². The summed E-state index contributed by atoms with van der Waals surface area (Å²) < 4.78 is 40.0. The number of nitrogens with zero attached hydrogens (tertiary/aromatic N) is 2. The summed E-state index contributed by atoms with van der Waals surface area (Å²) in [6.07, 6.45) is 2.64. The number of nitrogens with one attached hydrogen (secondary N) is 2. The van der Waals surface area contributed by atoms with Crippen LogP contribution in [0.4, 0.5) is 5.82 Å². The van der Waals surface area contributed by atoms with Gasteiger partial charge in [0, 0.05) is 39.0 Å². The van der Waals surface area contributed by atoms with Crippen LogP contribution in [-0.2, 0) is 18.9 Å². The Labute approximate surface area is 281 Å². The van der Waals surface area contributed by atoms with Crippen LogP contribution >= 0.6 is 34.7 Å². The van der Waals surface area contributed by atoms with E-state index in [9.17, 15) is 13.2 Å². The second-order valence-corrected chi connectivity index (χ2v) is 22.0. The van der Waals surface area contributed by atoms with Crippen molar-refractivity contribution in [1.29, 1.82) is 0 Å². The van der Waals surface area contributed by atoms with Crippen molar-refractivity contribution in [3.8, 4) is 0 Å². The highest BCUT2D eigenvalue weighted by Crippen LogP contribution is 2.45. The number of benzene rings is 1. The van der Waals surface area contributed by atoms with E-state index in [-0.39, 0.29) is 11.8 Å². The number of anilines is 1. The molecule has 0 unspecified atom stereocenters. The Balaban J connectivity index is 1.59. The van der Waals surface area contributed by atoms with Crippen LogP contribution in [-0.4, -0.2) is 57.8 Å². The lowest BCUT2D eigenvalue weighted by molar-refractivity contribution is 0.0678. The average Bonchev–Trinajstić information content (AvgIpc) is 3.52. The minimum atomic E-state index is -3.96. The predicted octanol–water partition coefficient (Wildman–Crippen LogP) is 7.87. The van der Waals surface area contributed by atoms with Gasteiger partial charge in [0.1, 0.15) is 18.2 Å². The van der Waals surface area contributed by atoms with E-state index < -0.39 is 30.8 Å². The molecule has 0 radical (unpaired) electrons. The van der Waals surface area contributed by atoms with Gasteiger partial charge in [-0.05, 0) is 60.7 Å². The van der Waals surface area contributed by atoms with Gasteiger partial charge in [0.2, 0.25) is 14.1 Å². The summed E-state index contributed by atoms with van der Waals surface area (Å²) in [4.78, 5) is 26.0. The largest absolute Gasteiger partial charge is 0.410 e. The second kappa shape index (κ2) is 14.9. The molecule has 1 fully saturated rings. The Morgan fingerprint density at radius 3 is 2.38 bits per heavy atom. The molecule has 45 heavy (non-hydrogen) atoms. The molecule has 3 aromatic rings. The second-order valence-electron chi connectivity index (χ2n) is 12.3. The Kier molecular flexibility index (Phi) is 11.9. The van der Waals surface area contributed by atoms with Crippen LogP contribution in [0, 0.1) is 6.92 Å². The van der Waals surface area contributed by atoms with Gasteiger partial charge in [-0.25, -0.2) is 9.97 Å². The summed E-state index contributed by atoms with van der Waals surface area (Å²) in [5, 5.41) is 4.07. The third-order valence-electron chi connectivity index (χ3n) is 8.43. The maximum Gasteiger partial charge on any atom is 0.335 e. The normalized spacial score (nSPS) is 19.2. The van der Waals surface area contributed by atoms with Gasteiger partial charge in [0.25, 0.3) is 0 Å². The van der Waals surface area contributed by atoms with E-state index in [1.165, 1.54) is 30.9 Å². The Morgan fingerprint density at radius 2 is 1.76 bits per heavy atom. The first kappa shape index (κ1) is 36.0. The summed E-state index contributed by atoms with van der Waals surface area (Å²) in [6.45, 7) is 15.2. The van der Waals surface area contributed by atoms with E-state index in [0.717, 1.165) is 14.7 Å². The minimum absolute atomic E-state index is 0.189. The lowest BCUT2D eigenvalue weighted by Gasteiger charge is -2.44. The predicted molar refractivity (Wildman–Crippen MR) is 186 cm³/mol. The SMILES string of the molecule is CNS(=O)(=O)O[C@@H]1C[C@H](Nc2ncncc2C(=O)c2cc(Sc3cccc(Cl)c3)c(C)s2)C[C@@H]1O[Si](C(C)C)(C(C)C)C(C)C. The minimum Gasteiger partial charge on any atom is -0.410 e. The molecule has 2 N–H and O–H groups in total. The number of aromatic nitrogens is 2. The lowest BCUT2D eigenvalue weighted by Crippen LogP contribution is -2.52. The van der Waals surface area contributed by atoms with Crippen LogP contribution < -0.4 is 10.0 Å². The van der Waals surface area contributed by atoms with Crippen molar-refractivity contribution in [2.75, 3.05) is 12.4 Å². The third-order valence-corrected chi connectivity index (χ3v) is 18.1. The van der Waals surface area contributed by atoms with Gasteiger partial charge >= 0.3 is 10.3 Å². The van der Waals surface area contributed by atoms with E-state index >= 15 is 0 Å². The molecular weight excluding hydrogens is 668 g/mol. The van der Waals surface area contributed by atoms with Gasteiger partial charge in [0.15, 0.2) is 0 Å². The van der Waals surface area contributed by atoms with Crippen LogP contribution in [0.1, 0.15) is 74.5 Å². The van der Waals surface area contributed by atoms with E-state index in [1.54, 1.807) is 11.8 Å². The molecule has 0 saturated heterocycles. The summed E-state index contributed by atoms with van der Waals surface area (Å²) in [7, 11) is -4.99. The zero-order valence-electron chi connectivity index (χ0n) is 27.0. The van der Waals surface area contributed by atoms with Gasteiger partial charge in [-0.2, -0.15) is 13.1 Å². The molecule has 1 aliphatic carbocycles. The van der Waals surface area contributed by atoms with Gasteiger partial charge in [-0.1, -0.05) is 71.0 Å². The van der Waals surface area contributed by atoms with Crippen molar-refractivity contribution in [2.24, 2.45) is 0 Å². The van der Waals surface area contributed by atoms with Gasteiger partial charge < -0.3 is 9.74 Å². The van der Waals surface area contributed by atoms with Gasteiger partial charge in [0.05, 0.1) is 16.5 Å². The zero-order valence-corrected chi connectivity index (χ0v) is 31.2. The van der Waals surface area contributed by atoms with Gasteiger partial charge in [-0.15, -0.1) is 11.3 Å². The highest BCUT2D eigenvalue weighted by Gasteiger charge is 2.50. The number of aryl methyl sites for hydroxylation is 1. The standard InChI is InChI=1S/C31H43ClN4O5S3Si/c1-18(2)45(19(3)4,20(5)6)41-27-14-23(13-26(27)40-44(38,39)33-8)36-31-25(16-34-17-35-31)30(37)29-15-28(21(7)42-29)43-24-11-9-10-22(32)12-24/h9-12,15-20,23,26-27,33H,13-14H2,1-8H3,(H,34,35,36)/t23-,26+,27-/m0/s1. The van der Waals surface area contributed by atoms with Crippen molar-refractivity contribution in [3.63, 3.8) is 0 Å². The molecule has 3 atom stereocenters. The number of hydrogen-bond donors (Lipinski definition) is 2. The van der Waals surface area contributed by atoms with Crippen molar-refractivity contribution < 1.29 is 21.8 Å². The number of thiophene rings is 1. The molecule has 2 aromatic heterocycles. The number of carbonyl (C=O) groups is 1. The molecule has 1 aromatic carbocycles. The van der Waals surface area contributed by atoms with E-state index in [2.05, 4.69) is 61.5 Å². The van der Waals surface area contributed by atoms with Crippen molar-refractivity contribution in [1.82, 2.24) is 14.7 Å². The molecule has 0 spiro atoms. The highest BCUT2D eigenvalue weighted by atomic mass is 35.5. The molecule has 1 saturated carbocycles. The first-order chi connectivity index (χ1) is 21.2. The van der Waals surface area contributed by atoms with Crippen LogP contribution in [0.5, 0.6) is 0 Å². The van der Waals surface area contributed by atoms with E-state index in [1.807, 2.05) is 37.3 Å². The smallest absolute Gasteiger partial charge is 0.335 e. The lowest BCUT2D eigenvalue weighted by atomic mass is 10.1. The third kappa shape index (κ3) is 8.36. The molecule has 0 bridgehead atoms. The summed E-state index contributed by atoms with van der Waals surface area (Å²) >= 11 is 9.15. The van der Waals surface area contributed by atoms with E-state index in [0.29, 0.717) is 50.7 Å². The Bertz CT molecular complexity index is 1580. The highest BCUT2D eigenvalue weighted by molar-refractivity contribution is 7.99. The molecule has 246 valence electrons. The Hall–Kier alpha value is -1.84. The molecule has 4 rings (SSSR count). The number of carbonyl (C=O) groups excluding carboxylic acids is 1. The first-order valence-electron chi connectivity index (χ1n) is 15.1. The molecular formula is C31H43ClN4O5S3Si. The van der Waals surface area contributed by atoms with E-state index in [4.69, 9.17) is 20.2 Å². The molecule has 9 nitrogen and oxygen atoms in total. The van der Waals surface area contributed by atoms with Crippen LogP contribution in [0.2, 0.25) is 21.6 Å². The van der Waals surface area contributed by atoms with Crippen LogP contribution in [0.3, 0.4) is 0 Å². The maximum absolute atomic E-state index is 13.8. The Morgan fingerprint density at radius 1 is 1.09 bits per heavy atom. The monoisotopic (exact) mass is 710 g/mol. The zero-order chi connectivity index (χ0) is 33.1. The molecule has 0 aliphatic heterocycles. The number of halogens is 1. The fraction of sp³-hybridized carbons (Fsp3) is 0.516. The molecule has 1 aliphatic rings. The first-order valence-corrected chi connectivity index (χ1v) is 20.7. The number of rotatable bonds is 14. The quantitative estimate of drug-likeness (QED) is 0.127. The average molecular weight is 711 g/mol. The maximum atomic E-state index is 13.8. The summed E-state index contributed by atoms with van der Waals surface area (Å²) in [5.41, 5.74) is 1.29.